The van der Waals surface area contributed by atoms with Crippen LogP contribution in [-0.4, -0.2) is 41.0 Å². The molecule has 1 saturated heterocycles. The molecule has 5 heteroatoms. The molecule has 0 amide bonds. The Morgan fingerprint density at radius 2 is 2.19 bits per heavy atom. The first kappa shape index (κ1) is 16.0. The number of ketones is 1. The number of rotatable bonds is 6. The Kier molecular flexibility index (Phi) is 5.42. The molecule has 0 saturated carbocycles. The van der Waals surface area contributed by atoms with Gasteiger partial charge in [-0.2, -0.15) is 0 Å². The standard InChI is InChI=1S/C16H21F2NO2/c1-11(19-8-2-4-13(19)5-3-9-20)16(21)12-6-7-14(17)15(18)10-12/h6-7,10-11,13,20H,2-5,8-9H2,1H3. The number of halogens is 2. The second kappa shape index (κ2) is 7.09. The van der Waals surface area contributed by atoms with Crippen LogP contribution in [0.5, 0.6) is 0 Å². The summed E-state index contributed by atoms with van der Waals surface area (Å²) in [7, 11) is 0. The number of hydrogen-bond acceptors (Lipinski definition) is 3. The third-order valence-corrected chi connectivity index (χ3v) is 4.20. The van der Waals surface area contributed by atoms with Gasteiger partial charge in [0.1, 0.15) is 0 Å². The molecule has 1 aromatic carbocycles. The van der Waals surface area contributed by atoms with E-state index in [0.29, 0.717) is 6.42 Å². The lowest BCUT2D eigenvalue weighted by Crippen LogP contribution is -2.42. The molecule has 2 unspecified atom stereocenters. The maximum atomic E-state index is 13.3. The van der Waals surface area contributed by atoms with Crippen LogP contribution >= 0.6 is 0 Å². The molecule has 21 heavy (non-hydrogen) atoms. The summed E-state index contributed by atoms with van der Waals surface area (Å²) in [6.07, 6.45) is 3.60. The minimum Gasteiger partial charge on any atom is -0.396 e. The fourth-order valence-corrected chi connectivity index (χ4v) is 3.05. The zero-order valence-corrected chi connectivity index (χ0v) is 12.2. The number of benzene rings is 1. The van der Waals surface area contributed by atoms with Crippen molar-refractivity contribution >= 4 is 5.78 Å². The number of nitrogens with zero attached hydrogens (tertiary/aromatic N) is 1. The Hall–Kier alpha value is -1.33. The van der Waals surface area contributed by atoms with Crippen LogP contribution in [-0.2, 0) is 0 Å². The fourth-order valence-electron chi connectivity index (χ4n) is 3.05. The van der Waals surface area contributed by atoms with Crippen molar-refractivity contribution in [2.75, 3.05) is 13.2 Å². The van der Waals surface area contributed by atoms with E-state index in [9.17, 15) is 13.6 Å². The summed E-state index contributed by atoms with van der Waals surface area (Å²) in [5.74, 6) is -2.13. The average Bonchev–Trinajstić information content (AvgIpc) is 2.94. The van der Waals surface area contributed by atoms with E-state index in [1.165, 1.54) is 6.07 Å². The van der Waals surface area contributed by atoms with Crippen LogP contribution in [0.1, 0.15) is 43.0 Å². The summed E-state index contributed by atoms with van der Waals surface area (Å²) in [5.41, 5.74) is 0.203. The Morgan fingerprint density at radius 3 is 2.86 bits per heavy atom. The van der Waals surface area contributed by atoms with Gasteiger partial charge in [-0.1, -0.05) is 0 Å². The molecular weight excluding hydrogens is 276 g/mol. The van der Waals surface area contributed by atoms with Gasteiger partial charge in [0.25, 0.3) is 0 Å². The van der Waals surface area contributed by atoms with E-state index in [1.54, 1.807) is 6.92 Å². The maximum Gasteiger partial charge on any atom is 0.179 e. The topological polar surface area (TPSA) is 40.5 Å². The molecule has 1 aliphatic rings. The zero-order valence-electron chi connectivity index (χ0n) is 12.2. The minimum absolute atomic E-state index is 0.149. The Labute approximate surface area is 123 Å². The third-order valence-electron chi connectivity index (χ3n) is 4.20. The summed E-state index contributed by atoms with van der Waals surface area (Å²) in [6, 6.07) is 3.20. The van der Waals surface area contributed by atoms with Crippen molar-refractivity contribution in [3.05, 3.63) is 35.4 Å². The first-order valence-corrected chi connectivity index (χ1v) is 7.40. The fraction of sp³-hybridized carbons (Fsp3) is 0.562. The molecule has 2 atom stereocenters. The predicted molar refractivity (Wildman–Crippen MR) is 76.2 cm³/mol. The molecule has 0 aliphatic carbocycles. The first-order chi connectivity index (χ1) is 10.0. The van der Waals surface area contributed by atoms with Crippen molar-refractivity contribution in [1.29, 1.82) is 0 Å². The number of carbonyl (C=O) groups is 1. The Morgan fingerprint density at radius 1 is 1.43 bits per heavy atom. The van der Waals surface area contributed by atoms with Gasteiger partial charge >= 0.3 is 0 Å². The number of aliphatic hydroxyl groups is 1. The van der Waals surface area contributed by atoms with Gasteiger partial charge in [-0.3, -0.25) is 9.69 Å². The molecular formula is C16H21F2NO2. The quantitative estimate of drug-likeness (QED) is 0.821. The van der Waals surface area contributed by atoms with Crippen molar-refractivity contribution in [2.24, 2.45) is 0 Å². The van der Waals surface area contributed by atoms with Crippen molar-refractivity contribution in [3.8, 4) is 0 Å². The predicted octanol–water partition coefficient (Wildman–Crippen LogP) is 2.77. The molecule has 1 fully saturated rings. The van der Waals surface area contributed by atoms with Crippen molar-refractivity contribution in [2.45, 2.75) is 44.7 Å². The van der Waals surface area contributed by atoms with Crippen LogP contribution in [0, 0.1) is 11.6 Å². The lowest BCUT2D eigenvalue weighted by molar-refractivity contribution is 0.0808. The highest BCUT2D eigenvalue weighted by Crippen LogP contribution is 2.25. The molecule has 3 nitrogen and oxygen atoms in total. The summed E-state index contributed by atoms with van der Waals surface area (Å²) < 4.78 is 26.2. The molecule has 0 bridgehead atoms. The highest BCUT2D eigenvalue weighted by molar-refractivity contribution is 5.99. The summed E-state index contributed by atoms with van der Waals surface area (Å²) in [4.78, 5) is 14.5. The van der Waals surface area contributed by atoms with E-state index >= 15 is 0 Å². The van der Waals surface area contributed by atoms with E-state index < -0.39 is 11.6 Å². The minimum atomic E-state index is -0.994. The largest absolute Gasteiger partial charge is 0.396 e. The van der Waals surface area contributed by atoms with Gasteiger partial charge in [-0.15, -0.1) is 0 Å². The molecule has 0 radical (unpaired) electrons. The van der Waals surface area contributed by atoms with Crippen LogP contribution in [0.3, 0.4) is 0 Å². The first-order valence-electron chi connectivity index (χ1n) is 7.40. The van der Waals surface area contributed by atoms with Crippen LogP contribution in [0.4, 0.5) is 8.78 Å². The number of aliphatic hydroxyl groups excluding tert-OH is 1. The van der Waals surface area contributed by atoms with Crippen LogP contribution < -0.4 is 0 Å². The van der Waals surface area contributed by atoms with Crippen molar-refractivity contribution in [3.63, 3.8) is 0 Å². The van der Waals surface area contributed by atoms with E-state index in [-0.39, 0.29) is 30.0 Å². The van der Waals surface area contributed by atoms with Crippen molar-refractivity contribution < 1.29 is 18.7 Å². The second-order valence-corrected chi connectivity index (χ2v) is 5.57. The average molecular weight is 297 g/mol. The van der Waals surface area contributed by atoms with Crippen LogP contribution in [0.2, 0.25) is 0 Å². The van der Waals surface area contributed by atoms with Crippen molar-refractivity contribution in [1.82, 2.24) is 4.90 Å². The van der Waals surface area contributed by atoms with Gasteiger partial charge in [-0.25, -0.2) is 8.78 Å². The van der Waals surface area contributed by atoms with E-state index in [0.717, 1.165) is 37.9 Å². The van der Waals surface area contributed by atoms with Gasteiger partial charge in [0.15, 0.2) is 17.4 Å². The molecule has 0 spiro atoms. The van der Waals surface area contributed by atoms with Gasteiger partial charge < -0.3 is 5.11 Å². The zero-order chi connectivity index (χ0) is 15.4. The lowest BCUT2D eigenvalue weighted by Gasteiger charge is -2.29. The van der Waals surface area contributed by atoms with E-state index in [4.69, 9.17) is 5.11 Å². The lowest BCUT2D eigenvalue weighted by atomic mass is 10.0. The Balaban J connectivity index is 2.08. The van der Waals surface area contributed by atoms with Gasteiger partial charge in [0.2, 0.25) is 0 Å². The number of carbonyl (C=O) groups excluding carboxylic acids is 1. The van der Waals surface area contributed by atoms with Gasteiger partial charge in [0, 0.05) is 18.2 Å². The summed E-state index contributed by atoms with van der Waals surface area (Å²) >= 11 is 0. The van der Waals surface area contributed by atoms with E-state index in [2.05, 4.69) is 4.90 Å². The highest BCUT2D eigenvalue weighted by Gasteiger charge is 2.32. The third kappa shape index (κ3) is 3.66. The molecule has 2 rings (SSSR count). The number of likely N-dealkylation sites (tertiary alicyclic amines) is 1. The molecule has 0 aromatic heterocycles. The van der Waals surface area contributed by atoms with Crippen LogP contribution in [0.15, 0.2) is 18.2 Å². The highest BCUT2D eigenvalue weighted by atomic mass is 19.2. The normalized spacial score (nSPS) is 20.7. The monoisotopic (exact) mass is 297 g/mol. The molecule has 1 aliphatic heterocycles. The molecule has 1 aromatic rings. The van der Waals surface area contributed by atoms with Gasteiger partial charge in [0.05, 0.1) is 6.04 Å². The number of Topliss-reactive ketones (excluding diaryl/α,β-unsaturated/α-hetero) is 1. The molecule has 1 heterocycles. The summed E-state index contributed by atoms with van der Waals surface area (Å²) in [5, 5.41) is 8.93. The smallest absolute Gasteiger partial charge is 0.179 e. The molecule has 116 valence electrons. The molecule has 1 N–H and O–H groups in total. The maximum absolute atomic E-state index is 13.3. The van der Waals surface area contributed by atoms with Gasteiger partial charge in [-0.05, 0) is 57.4 Å². The summed E-state index contributed by atoms with van der Waals surface area (Å²) in [6.45, 7) is 2.78. The van der Waals surface area contributed by atoms with Crippen LogP contribution in [0.25, 0.3) is 0 Å². The number of hydrogen-bond donors (Lipinski definition) is 1. The second-order valence-electron chi connectivity index (χ2n) is 5.57. The van der Waals surface area contributed by atoms with E-state index in [1.807, 2.05) is 0 Å². The Bertz CT molecular complexity index is 507. The SMILES string of the molecule is CC(C(=O)c1ccc(F)c(F)c1)N1CCCC1CCCO.